The first kappa shape index (κ1) is 20.4. The Kier molecular flexibility index (Phi) is 7.91. The lowest BCUT2D eigenvalue weighted by Gasteiger charge is -2.22. The van der Waals surface area contributed by atoms with E-state index < -0.39 is 0 Å². The predicted molar refractivity (Wildman–Crippen MR) is 111 cm³/mol. The van der Waals surface area contributed by atoms with Gasteiger partial charge in [0.05, 0.1) is 19.3 Å². The zero-order chi connectivity index (χ0) is 19.6. The van der Waals surface area contributed by atoms with Gasteiger partial charge in [0.15, 0.2) is 0 Å². The first-order valence-electron chi connectivity index (χ1n) is 10.4. The van der Waals surface area contributed by atoms with E-state index in [4.69, 9.17) is 4.74 Å². The van der Waals surface area contributed by atoms with Gasteiger partial charge in [-0.25, -0.2) is 4.68 Å². The van der Waals surface area contributed by atoms with Crippen LogP contribution in [0.25, 0.3) is 0 Å². The predicted octanol–water partition coefficient (Wildman–Crippen LogP) is 3.80. The highest BCUT2D eigenvalue weighted by molar-refractivity contribution is 5.91. The van der Waals surface area contributed by atoms with E-state index in [0.29, 0.717) is 19.1 Å². The Morgan fingerprint density at radius 1 is 1.21 bits per heavy atom. The third-order valence-electron chi connectivity index (χ3n) is 5.25. The van der Waals surface area contributed by atoms with Crippen LogP contribution in [0.3, 0.4) is 0 Å². The molecule has 28 heavy (non-hydrogen) atoms. The van der Waals surface area contributed by atoms with Gasteiger partial charge in [0.2, 0.25) is 5.91 Å². The van der Waals surface area contributed by atoms with Crippen molar-refractivity contribution in [2.45, 2.75) is 45.1 Å². The molecule has 1 heterocycles. The van der Waals surface area contributed by atoms with Crippen LogP contribution in [0.1, 0.15) is 38.5 Å². The standard InChI is InChI=1S/C22H32N4O2/c1-25(15-8-16-28-20-11-6-3-7-12-20)18-22(27)24-21-13-14-23-26(21)17-19-9-4-2-5-10-19/h3,6-7,11-14,19H,2,4-5,8-10,15-18H2,1H3,(H,24,27). The summed E-state index contributed by atoms with van der Waals surface area (Å²) in [5.74, 6) is 2.36. The van der Waals surface area contributed by atoms with Gasteiger partial charge in [-0.2, -0.15) is 5.10 Å². The lowest BCUT2D eigenvalue weighted by atomic mass is 9.89. The molecule has 0 unspecified atom stereocenters. The number of carbonyl (C=O) groups is 1. The number of hydrogen-bond donors (Lipinski definition) is 1. The van der Waals surface area contributed by atoms with Gasteiger partial charge in [0.25, 0.3) is 0 Å². The molecule has 0 spiro atoms. The molecule has 1 aliphatic carbocycles. The number of amides is 1. The molecule has 0 radical (unpaired) electrons. The number of anilines is 1. The fourth-order valence-electron chi connectivity index (χ4n) is 3.75. The van der Waals surface area contributed by atoms with Crippen molar-refractivity contribution >= 4 is 11.7 Å². The van der Waals surface area contributed by atoms with Crippen molar-refractivity contribution in [3.05, 3.63) is 42.6 Å². The van der Waals surface area contributed by atoms with Gasteiger partial charge in [-0.3, -0.25) is 9.69 Å². The number of para-hydroxylation sites is 1. The van der Waals surface area contributed by atoms with E-state index in [0.717, 1.165) is 31.1 Å². The molecule has 1 fully saturated rings. The van der Waals surface area contributed by atoms with Crippen LogP contribution in [0, 0.1) is 5.92 Å². The van der Waals surface area contributed by atoms with Gasteiger partial charge in [-0.15, -0.1) is 0 Å². The van der Waals surface area contributed by atoms with Crippen molar-refractivity contribution in [3.63, 3.8) is 0 Å². The monoisotopic (exact) mass is 384 g/mol. The summed E-state index contributed by atoms with van der Waals surface area (Å²) in [6.07, 6.45) is 9.14. The Balaban J connectivity index is 1.36. The van der Waals surface area contributed by atoms with Gasteiger partial charge < -0.3 is 10.1 Å². The first-order valence-corrected chi connectivity index (χ1v) is 10.4. The largest absolute Gasteiger partial charge is 0.494 e. The number of nitrogens with one attached hydrogen (secondary N) is 1. The Labute approximate surface area is 167 Å². The molecule has 0 atom stereocenters. The number of hydrogen-bond acceptors (Lipinski definition) is 4. The lowest BCUT2D eigenvalue weighted by Crippen LogP contribution is -2.32. The van der Waals surface area contributed by atoms with E-state index in [9.17, 15) is 4.79 Å². The van der Waals surface area contributed by atoms with Crippen LogP contribution in [0.5, 0.6) is 5.75 Å². The molecule has 152 valence electrons. The molecule has 1 N–H and O–H groups in total. The zero-order valence-corrected chi connectivity index (χ0v) is 16.8. The summed E-state index contributed by atoms with van der Waals surface area (Å²) in [5.41, 5.74) is 0. The molecule has 2 aromatic rings. The van der Waals surface area contributed by atoms with E-state index in [-0.39, 0.29) is 5.91 Å². The Morgan fingerprint density at radius 3 is 2.79 bits per heavy atom. The number of likely N-dealkylation sites (N-methyl/N-ethyl adjacent to an activating group) is 1. The number of nitrogens with zero attached hydrogens (tertiary/aromatic N) is 3. The van der Waals surface area contributed by atoms with Crippen LogP contribution in [-0.2, 0) is 11.3 Å². The maximum Gasteiger partial charge on any atom is 0.239 e. The quantitative estimate of drug-likeness (QED) is 0.633. The summed E-state index contributed by atoms with van der Waals surface area (Å²) in [4.78, 5) is 14.4. The van der Waals surface area contributed by atoms with E-state index >= 15 is 0 Å². The number of benzene rings is 1. The van der Waals surface area contributed by atoms with Crippen LogP contribution < -0.4 is 10.1 Å². The van der Waals surface area contributed by atoms with Crippen molar-refractivity contribution in [1.29, 1.82) is 0 Å². The van der Waals surface area contributed by atoms with Gasteiger partial charge in [0.1, 0.15) is 11.6 Å². The van der Waals surface area contributed by atoms with Gasteiger partial charge >= 0.3 is 0 Å². The molecule has 0 aliphatic heterocycles. The molecule has 3 rings (SSSR count). The first-order chi connectivity index (χ1) is 13.7. The minimum atomic E-state index is -0.00290. The highest BCUT2D eigenvalue weighted by Crippen LogP contribution is 2.25. The maximum atomic E-state index is 12.4. The Bertz CT molecular complexity index is 710. The molecule has 1 amide bonds. The summed E-state index contributed by atoms with van der Waals surface area (Å²) in [6.45, 7) is 2.71. The third kappa shape index (κ3) is 6.68. The van der Waals surface area contributed by atoms with Crippen LogP contribution in [0.4, 0.5) is 5.82 Å². The van der Waals surface area contributed by atoms with Gasteiger partial charge in [-0.05, 0) is 44.4 Å². The fourth-order valence-corrected chi connectivity index (χ4v) is 3.75. The van der Waals surface area contributed by atoms with Crippen molar-refractivity contribution < 1.29 is 9.53 Å². The molecule has 1 aliphatic rings. The number of ether oxygens (including phenoxy) is 1. The summed E-state index contributed by atoms with van der Waals surface area (Å²) in [5, 5.41) is 7.42. The van der Waals surface area contributed by atoms with Crippen molar-refractivity contribution in [3.8, 4) is 5.75 Å². The molecule has 6 nitrogen and oxygen atoms in total. The minimum Gasteiger partial charge on any atom is -0.494 e. The molecule has 1 aromatic heterocycles. The molecule has 1 aromatic carbocycles. The number of carbonyl (C=O) groups excluding carboxylic acids is 1. The third-order valence-corrected chi connectivity index (χ3v) is 5.25. The van der Waals surface area contributed by atoms with Crippen molar-refractivity contribution in [2.75, 3.05) is 32.1 Å². The van der Waals surface area contributed by atoms with Crippen molar-refractivity contribution in [2.24, 2.45) is 5.92 Å². The second-order valence-corrected chi connectivity index (χ2v) is 7.70. The molecule has 0 bridgehead atoms. The minimum absolute atomic E-state index is 0.00290. The average Bonchev–Trinajstić information content (AvgIpc) is 3.13. The topological polar surface area (TPSA) is 59.4 Å². The van der Waals surface area contributed by atoms with Gasteiger partial charge in [-0.1, -0.05) is 37.5 Å². The number of rotatable bonds is 10. The molecular formula is C22H32N4O2. The average molecular weight is 385 g/mol. The molecule has 6 heteroatoms. The molecule has 0 saturated heterocycles. The Hall–Kier alpha value is -2.34. The summed E-state index contributed by atoms with van der Waals surface area (Å²) >= 11 is 0. The zero-order valence-electron chi connectivity index (χ0n) is 16.8. The molecular weight excluding hydrogens is 352 g/mol. The lowest BCUT2D eigenvalue weighted by molar-refractivity contribution is -0.117. The van der Waals surface area contributed by atoms with Crippen LogP contribution in [0.15, 0.2) is 42.6 Å². The maximum absolute atomic E-state index is 12.4. The van der Waals surface area contributed by atoms with E-state index in [1.54, 1.807) is 6.20 Å². The highest BCUT2D eigenvalue weighted by atomic mass is 16.5. The molecule has 1 saturated carbocycles. The van der Waals surface area contributed by atoms with Crippen LogP contribution >= 0.6 is 0 Å². The Morgan fingerprint density at radius 2 is 2.00 bits per heavy atom. The highest BCUT2D eigenvalue weighted by Gasteiger charge is 2.16. The summed E-state index contributed by atoms with van der Waals surface area (Å²) in [6, 6.07) is 11.7. The second-order valence-electron chi connectivity index (χ2n) is 7.70. The SMILES string of the molecule is CN(CCCOc1ccccc1)CC(=O)Nc1ccnn1CC1CCCCC1. The van der Waals surface area contributed by atoms with Crippen molar-refractivity contribution in [1.82, 2.24) is 14.7 Å². The van der Waals surface area contributed by atoms with E-state index in [2.05, 4.69) is 10.4 Å². The second kappa shape index (κ2) is 10.9. The van der Waals surface area contributed by atoms with Crippen LogP contribution in [-0.4, -0.2) is 47.3 Å². The summed E-state index contributed by atoms with van der Waals surface area (Å²) in [7, 11) is 1.96. The van der Waals surface area contributed by atoms with E-state index in [1.807, 2.05) is 53.0 Å². The smallest absolute Gasteiger partial charge is 0.239 e. The van der Waals surface area contributed by atoms with E-state index in [1.165, 1.54) is 32.1 Å². The fraction of sp³-hybridized carbons (Fsp3) is 0.545. The van der Waals surface area contributed by atoms with Gasteiger partial charge in [0, 0.05) is 19.2 Å². The summed E-state index contributed by atoms with van der Waals surface area (Å²) < 4.78 is 7.64. The normalized spacial score (nSPS) is 14.9. The van der Waals surface area contributed by atoms with Crippen LogP contribution in [0.2, 0.25) is 0 Å². The number of aromatic nitrogens is 2.